The summed E-state index contributed by atoms with van der Waals surface area (Å²) >= 11 is 0. The van der Waals surface area contributed by atoms with E-state index in [1.54, 1.807) is 0 Å². The molecule has 0 unspecified atom stereocenters. The van der Waals surface area contributed by atoms with Crippen molar-refractivity contribution in [3.8, 4) is 27.9 Å². The third kappa shape index (κ3) is 5.15. The summed E-state index contributed by atoms with van der Waals surface area (Å²) in [7, 11) is 0. The first kappa shape index (κ1) is 34.7. The van der Waals surface area contributed by atoms with E-state index in [2.05, 4.69) is 211 Å². The Morgan fingerprint density at radius 3 is 2.12 bits per heavy atom. The van der Waals surface area contributed by atoms with Gasteiger partial charge in [-0.05, 0) is 107 Å². The van der Waals surface area contributed by atoms with Crippen molar-refractivity contribution >= 4 is 66.4 Å². The van der Waals surface area contributed by atoms with E-state index in [1.807, 2.05) is 6.07 Å². The average Bonchev–Trinajstić information content (AvgIpc) is 3.93. The molecule has 0 fully saturated rings. The normalized spacial score (nSPS) is 14.4. The fourth-order valence-corrected chi connectivity index (χ4v) is 10.3. The third-order valence-corrected chi connectivity index (χ3v) is 13.0. The molecule has 12 rings (SSSR count). The molecule has 0 atom stereocenters. The number of fused-ring (bicyclic) bond motifs is 9. The van der Waals surface area contributed by atoms with Gasteiger partial charge in [0.2, 0.25) is 0 Å². The second-order valence-electron chi connectivity index (χ2n) is 16.7. The Morgan fingerprint density at radius 1 is 0.533 bits per heavy atom. The van der Waals surface area contributed by atoms with Gasteiger partial charge in [-0.15, -0.1) is 0 Å². The maximum Gasteiger partial charge on any atom is 0.143 e. The number of furan rings is 1. The minimum atomic E-state index is -0.0805. The van der Waals surface area contributed by atoms with Crippen LogP contribution in [0.15, 0.2) is 204 Å². The molecule has 0 spiro atoms. The van der Waals surface area contributed by atoms with E-state index in [1.165, 1.54) is 60.9 Å². The van der Waals surface area contributed by atoms with Crippen LogP contribution in [0, 0.1) is 0 Å². The quantitative estimate of drug-likeness (QED) is 0.168. The van der Waals surface area contributed by atoms with Gasteiger partial charge >= 0.3 is 0 Å². The summed E-state index contributed by atoms with van der Waals surface area (Å²) in [6.45, 7) is 4.77. The molecule has 0 saturated carbocycles. The van der Waals surface area contributed by atoms with Crippen LogP contribution in [0.25, 0.3) is 77.3 Å². The molecule has 2 heterocycles. The van der Waals surface area contributed by atoms with Crippen molar-refractivity contribution in [2.45, 2.75) is 32.1 Å². The second-order valence-corrected chi connectivity index (χ2v) is 16.7. The highest BCUT2D eigenvalue weighted by atomic mass is 16.3. The Balaban J connectivity index is 1.05. The number of rotatable bonds is 6. The predicted octanol–water partition coefficient (Wildman–Crippen LogP) is 15.9. The number of anilines is 3. The first-order valence-electron chi connectivity index (χ1n) is 21.1. The van der Waals surface area contributed by atoms with Gasteiger partial charge < -0.3 is 13.9 Å². The van der Waals surface area contributed by atoms with Gasteiger partial charge in [0.25, 0.3) is 0 Å². The SMILES string of the molecule is CC1(C)C2=CCCC=C2c2c(N(c3ccc(-c4cccc5c4oc4ccccc45)cc3)c3cccc(-c4cccc5c4c4ccccc4n5-c4ccccc4)c3)cccc21. The number of nitrogens with zero attached hydrogens (tertiary/aromatic N) is 2. The van der Waals surface area contributed by atoms with Crippen LogP contribution in [-0.2, 0) is 5.41 Å². The number of hydrogen-bond donors (Lipinski definition) is 0. The van der Waals surface area contributed by atoms with Crippen LogP contribution >= 0.6 is 0 Å². The van der Waals surface area contributed by atoms with E-state index in [9.17, 15) is 0 Å². The van der Waals surface area contributed by atoms with Crippen molar-refractivity contribution in [3.63, 3.8) is 0 Å². The second kappa shape index (κ2) is 13.3. The van der Waals surface area contributed by atoms with E-state index in [-0.39, 0.29) is 5.41 Å². The van der Waals surface area contributed by atoms with Gasteiger partial charge in [0.15, 0.2) is 0 Å². The number of benzene rings is 8. The van der Waals surface area contributed by atoms with Gasteiger partial charge in [-0.1, -0.05) is 147 Å². The van der Waals surface area contributed by atoms with Crippen LogP contribution in [0.5, 0.6) is 0 Å². The highest BCUT2D eigenvalue weighted by Crippen LogP contribution is 2.56. The minimum Gasteiger partial charge on any atom is -0.455 e. The lowest BCUT2D eigenvalue weighted by atomic mass is 9.80. The summed E-state index contributed by atoms with van der Waals surface area (Å²) in [4.78, 5) is 2.48. The molecule has 0 N–H and O–H groups in total. The molecule has 8 aromatic carbocycles. The Labute approximate surface area is 349 Å². The summed E-state index contributed by atoms with van der Waals surface area (Å²) in [5, 5.41) is 4.79. The Kier molecular flexibility index (Phi) is 7.71. The van der Waals surface area contributed by atoms with E-state index in [4.69, 9.17) is 4.42 Å². The van der Waals surface area contributed by atoms with Crippen LogP contribution in [0.2, 0.25) is 0 Å². The molecule has 0 bridgehead atoms. The van der Waals surface area contributed by atoms with Gasteiger partial charge in [-0.3, -0.25) is 0 Å². The molecular weight excluding hydrogens is 729 g/mol. The predicted molar refractivity (Wildman–Crippen MR) is 252 cm³/mol. The largest absolute Gasteiger partial charge is 0.455 e. The first-order chi connectivity index (χ1) is 29.5. The highest BCUT2D eigenvalue weighted by molar-refractivity contribution is 6.16. The van der Waals surface area contributed by atoms with Crippen molar-refractivity contribution in [1.29, 1.82) is 0 Å². The molecule has 60 heavy (non-hydrogen) atoms. The highest BCUT2D eigenvalue weighted by Gasteiger charge is 2.41. The minimum absolute atomic E-state index is 0.0805. The van der Waals surface area contributed by atoms with Crippen LogP contribution in [-0.4, -0.2) is 4.57 Å². The fourth-order valence-electron chi connectivity index (χ4n) is 10.3. The third-order valence-electron chi connectivity index (χ3n) is 13.0. The molecule has 3 heteroatoms. The summed E-state index contributed by atoms with van der Waals surface area (Å²) < 4.78 is 8.89. The molecule has 3 nitrogen and oxygen atoms in total. The topological polar surface area (TPSA) is 21.3 Å². The lowest BCUT2D eigenvalue weighted by Gasteiger charge is -2.29. The van der Waals surface area contributed by atoms with Gasteiger partial charge in [0, 0.05) is 55.1 Å². The summed E-state index contributed by atoms with van der Waals surface area (Å²) in [5.74, 6) is 0. The molecule has 0 amide bonds. The number of aromatic nitrogens is 1. The van der Waals surface area contributed by atoms with E-state index in [0.717, 1.165) is 63.0 Å². The molecule has 2 aliphatic carbocycles. The number of para-hydroxylation sites is 4. The average molecular weight is 771 g/mol. The number of hydrogen-bond acceptors (Lipinski definition) is 2. The van der Waals surface area contributed by atoms with Crippen molar-refractivity contribution in [2.24, 2.45) is 0 Å². The molecule has 286 valence electrons. The molecule has 0 saturated heterocycles. The lowest BCUT2D eigenvalue weighted by molar-refractivity contribution is 0.654. The molecule has 2 aliphatic rings. The Hall–Kier alpha value is -7.36. The van der Waals surface area contributed by atoms with Crippen LogP contribution in [0.1, 0.15) is 37.8 Å². The maximum absolute atomic E-state index is 6.49. The standard InChI is InChI=1S/C57H42N2O/c1-57(2)48-26-9-6-21-46(48)55-49(57)27-15-30-52(55)58(40-34-32-37(33-35-40)43-24-13-25-45-44-20-8-11-31-53(44)60-56(43)45)41-19-12-16-38(36-41)42-23-14-29-51-54(42)47-22-7-10-28-50(47)59(51)39-17-4-3-5-18-39/h3-5,7-8,10-36H,6,9H2,1-2H3. The molecule has 0 aliphatic heterocycles. The van der Waals surface area contributed by atoms with E-state index in [0.29, 0.717) is 0 Å². The van der Waals surface area contributed by atoms with Crippen LogP contribution < -0.4 is 4.90 Å². The lowest BCUT2D eigenvalue weighted by Crippen LogP contribution is -2.16. The van der Waals surface area contributed by atoms with Crippen LogP contribution in [0.3, 0.4) is 0 Å². The van der Waals surface area contributed by atoms with Gasteiger partial charge in [-0.2, -0.15) is 0 Å². The molecule has 0 radical (unpaired) electrons. The van der Waals surface area contributed by atoms with E-state index < -0.39 is 0 Å². The zero-order valence-electron chi connectivity index (χ0n) is 33.7. The van der Waals surface area contributed by atoms with Crippen molar-refractivity contribution < 1.29 is 4.42 Å². The van der Waals surface area contributed by atoms with Crippen LogP contribution in [0.4, 0.5) is 17.1 Å². The summed E-state index contributed by atoms with van der Waals surface area (Å²) in [6.07, 6.45) is 7.09. The monoisotopic (exact) mass is 770 g/mol. The Morgan fingerprint density at radius 2 is 1.23 bits per heavy atom. The molecule has 2 aromatic heterocycles. The fraction of sp³-hybridized carbons (Fsp3) is 0.0877. The summed E-state index contributed by atoms with van der Waals surface area (Å²) in [6, 6.07) is 66.2. The maximum atomic E-state index is 6.49. The first-order valence-corrected chi connectivity index (χ1v) is 21.1. The van der Waals surface area contributed by atoms with Gasteiger partial charge in [-0.25, -0.2) is 0 Å². The zero-order chi connectivity index (χ0) is 40.0. The summed E-state index contributed by atoms with van der Waals surface area (Å²) in [5.41, 5.74) is 18.9. The number of allylic oxidation sites excluding steroid dienone is 4. The zero-order valence-corrected chi connectivity index (χ0v) is 33.7. The molecular formula is C57H42N2O. The van der Waals surface area contributed by atoms with E-state index >= 15 is 0 Å². The van der Waals surface area contributed by atoms with Gasteiger partial charge in [0.05, 0.1) is 16.7 Å². The van der Waals surface area contributed by atoms with Crippen molar-refractivity contribution in [3.05, 3.63) is 211 Å². The van der Waals surface area contributed by atoms with Crippen molar-refractivity contribution in [2.75, 3.05) is 4.90 Å². The Bertz CT molecular complexity index is 3390. The molecule has 10 aromatic rings. The smallest absolute Gasteiger partial charge is 0.143 e. The van der Waals surface area contributed by atoms with Gasteiger partial charge in [0.1, 0.15) is 11.2 Å². The van der Waals surface area contributed by atoms with Crippen molar-refractivity contribution in [1.82, 2.24) is 4.57 Å².